The maximum atomic E-state index is 12.3. The van der Waals surface area contributed by atoms with Crippen LogP contribution in [0.5, 0.6) is 0 Å². The van der Waals surface area contributed by atoms with E-state index >= 15 is 0 Å². The van der Waals surface area contributed by atoms with Gasteiger partial charge in [0.15, 0.2) is 0 Å². The minimum absolute atomic E-state index is 0.00929. The van der Waals surface area contributed by atoms with Gasteiger partial charge in [-0.1, -0.05) is 29.8 Å². The third-order valence-electron chi connectivity index (χ3n) is 3.55. The van der Waals surface area contributed by atoms with Gasteiger partial charge in [-0.2, -0.15) is 0 Å². The number of aliphatic hydroxyl groups is 1. The molecule has 1 aliphatic rings. The van der Waals surface area contributed by atoms with Gasteiger partial charge < -0.3 is 20.8 Å². The first-order valence-corrected chi connectivity index (χ1v) is 6.43. The quantitative estimate of drug-likeness (QED) is 0.724. The van der Waals surface area contributed by atoms with E-state index in [0.29, 0.717) is 5.56 Å². The number of aliphatic carboxylic acids is 1. The molecule has 3 atom stereocenters. The largest absolute Gasteiger partial charge is 0.480 e. The number of carbonyl (C=O) groups excluding carboxylic acids is 1. The van der Waals surface area contributed by atoms with Crippen molar-refractivity contribution in [2.24, 2.45) is 5.73 Å². The van der Waals surface area contributed by atoms with Gasteiger partial charge in [0.1, 0.15) is 12.1 Å². The molecule has 1 aromatic rings. The fraction of sp³-hybridized carbons (Fsp3) is 0.429. The number of aryl methyl sites for hydroxylation is 1. The number of nitrogens with two attached hydrogens (primary N) is 1. The maximum Gasteiger partial charge on any atom is 0.326 e. The van der Waals surface area contributed by atoms with Crippen LogP contribution in [0.15, 0.2) is 24.3 Å². The molecule has 4 N–H and O–H groups in total. The van der Waals surface area contributed by atoms with Crippen molar-refractivity contribution in [3.8, 4) is 0 Å². The van der Waals surface area contributed by atoms with E-state index in [1.54, 1.807) is 12.1 Å². The third-order valence-corrected chi connectivity index (χ3v) is 3.55. The summed E-state index contributed by atoms with van der Waals surface area (Å²) >= 11 is 0. The van der Waals surface area contributed by atoms with Gasteiger partial charge in [0.2, 0.25) is 5.91 Å². The van der Waals surface area contributed by atoms with Gasteiger partial charge in [-0.25, -0.2) is 4.79 Å². The summed E-state index contributed by atoms with van der Waals surface area (Å²) < 4.78 is 0. The highest BCUT2D eigenvalue weighted by atomic mass is 16.4. The third kappa shape index (κ3) is 2.81. The Morgan fingerprint density at radius 2 is 1.95 bits per heavy atom. The number of hydrogen-bond donors (Lipinski definition) is 3. The number of aliphatic hydroxyl groups excluding tert-OH is 1. The molecule has 108 valence electrons. The number of carbonyl (C=O) groups is 2. The van der Waals surface area contributed by atoms with Gasteiger partial charge in [-0.05, 0) is 12.5 Å². The summed E-state index contributed by atoms with van der Waals surface area (Å²) in [6.07, 6.45) is -0.771. The summed E-state index contributed by atoms with van der Waals surface area (Å²) in [4.78, 5) is 24.6. The van der Waals surface area contributed by atoms with Crippen molar-refractivity contribution in [2.45, 2.75) is 31.5 Å². The molecule has 1 amide bonds. The van der Waals surface area contributed by atoms with E-state index < -0.39 is 30.1 Å². The second-order valence-electron chi connectivity index (χ2n) is 5.12. The molecule has 0 saturated carbocycles. The number of amides is 1. The zero-order valence-electron chi connectivity index (χ0n) is 11.2. The average molecular weight is 278 g/mol. The van der Waals surface area contributed by atoms with Crippen molar-refractivity contribution in [1.29, 1.82) is 0 Å². The predicted molar refractivity (Wildman–Crippen MR) is 71.9 cm³/mol. The average Bonchev–Trinajstić information content (AvgIpc) is 2.80. The first-order valence-electron chi connectivity index (χ1n) is 6.43. The standard InChI is InChI=1S/C14H18N2O4/c1-8-2-4-9(5-3-8)12(15)13(18)16-7-10(17)6-11(16)14(19)20/h2-5,10-12,17H,6-7,15H2,1H3,(H,19,20)/t10-,11+,12?/m1/s1. The maximum absolute atomic E-state index is 12.3. The molecule has 1 fully saturated rings. The van der Waals surface area contributed by atoms with E-state index in [1.807, 2.05) is 19.1 Å². The number of hydrogen-bond acceptors (Lipinski definition) is 4. The molecular weight excluding hydrogens is 260 g/mol. The highest BCUT2D eigenvalue weighted by molar-refractivity contribution is 5.88. The second kappa shape index (κ2) is 5.60. The zero-order chi connectivity index (χ0) is 14.9. The first kappa shape index (κ1) is 14.5. The molecule has 0 aromatic heterocycles. The van der Waals surface area contributed by atoms with Crippen LogP contribution < -0.4 is 5.73 Å². The normalized spacial score (nSPS) is 23.6. The molecule has 0 spiro atoms. The van der Waals surface area contributed by atoms with Gasteiger partial charge in [0.25, 0.3) is 0 Å². The SMILES string of the molecule is Cc1ccc(C(N)C(=O)N2C[C@H](O)C[C@H]2C(=O)O)cc1. The summed E-state index contributed by atoms with van der Waals surface area (Å²) in [6, 6.07) is 5.27. The van der Waals surface area contributed by atoms with E-state index in [1.165, 1.54) is 0 Å². The minimum atomic E-state index is -1.12. The Morgan fingerprint density at radius 1 is 1.35 bits per heavy atom. The van der Waals surface area contributed by atoms with Gasteiger partial charge in [-0.3, -0.25) is 4.79 Å². The lowest BCUT2D eigenvalue weighted by atomic mass is 10.0. The summed E-state index contributed by atoms with van der Waals surface area (Å²) in [7, 11) is 0. The summed E-state index contributed by atoms with van der Waals surface area (Å²) in [5, 5.41) is 18.7. The van der Waals surface area contributed by atoms with Crippen LogP contribution in [0.4, 0.5) is 0 Å². The van der Waals surface area contributed by atoms with Crippen LogP contribution in [0.25, 0.3) is 0 Å². The molecule has 1 aliphatic heterocycles. The number of benzene rings is 1. The van der Waals surface area contributed by atoms with Crippen LogP contribution in [-0.4, -0.2) is 45.7 Å². The predicted octanol–water partition coefficient (Wildman–Crippen LogP) is 0.0412. The van der Waals surface area contributed by atoms with Crippen LogP contribution in [0, 0.1) is 6.92 Å². The number of rotatable bonds is 3. The molecule has 6 nitrogen and oxygen atoms in total. The monoisotopic (exact) mass is 278 g/mol. The number of nitrogens with zero attached hydrogens (tertiary/aromatic N) is 1. The van der Waals surface area contributed by atoms with E-state index in [-0.39, 0.29) is 13.0 Å². The molecule has 0 aliphatic carbocycles. The van der Waals surface area contributed by atoms with Crippen molar-refractivity contribution in [1.82, 2.24) is 4.90 Å². The van der Waals surface area contributed by atoms with Crippen molar-refractivity contribution in [3.63, 3.8) is 0 Å². The minimum Gasteiger partial charge on any atom is -0.480 e. The Morgan fingerprint density at radius 3 is 2.50 bits per heavy atom. The number of carboxylic acids is 1. The van der Waals surface area contributed by atoms with E-state index in [4.69, 9.17) is 10.8 Å². The number of β-amino-alcohol motifs (C(OH)–C–C–N with tert-alkyl or cyclic N) is 1. The van der Waals surface area contributed by atoms with E-state index in [2.05, 4.69) is 0 Å². The van der Waals surface area contributed by atoms with Crippen molar-refractivity contribution in [3.05, 3.63) is 35.4 Å². The number of likely N-dealkylation sites (tertiary alicyclic amines) is 1. The Hall–Kier alpha value is -1.92. The molecule has 1 unspecified atom stereocenters. The van der Waals surface area contributed by atoms with Crippen LogP contribution in [-0.2, 0) is 9.59 Å². The van der Waals surface area contributed by atoms with Crippen molar-refractivity contribution >= 4 is 11.9 Å². The molecule has 20 heavy (non-hydrogen) atoms. The van der Waals surface area contributed by atoms with Crippen LogP contribution >= 0.6 is 0 Å². The van der Waals surface area contributed by atoms with E-state index in [0.717, 1.165) is 10.5 Å². The zero-order valence-corrected chi connectivity index (χ0v) is 11.2. The van der Waals surface area contributed by atoms with Gasteiger partial charge >= 0.3 is 5.97 Å². The van der Waals surface area contributed by atoms with E-state index in [9.17, 15) is 14.7 Å². The molecule has 0 bridgehead atoms. The van der Waals surface area contributed by atoms with Crippen molar-refractivity contribution < 1.29 is 19.8 Å². The fourth-order valence-electron chi connectivity index (χ4n) is 2.39. The molecule has 1 heterocycles. The topological polar surface area (TPSA) is 104 Å². The lowest BCUT2D eigenvalue weighted by molar-refractivity contribution is -0.148. The lowest BCUT2D eigenvalue weighted by Crippen LogP contribution is -2.45. The molecule has 6 heteroatoms. The fourth-order valence-corrected chi connectivity index (χ4v) is 2.39. The second-order valence-corrected chi connectivity index (χ2v) is 5.12. The smallest absolute Gasteiger partial charge is 0.326 e. The highest BCUT2D eigenvalue weighted by Gasteiger charge is 2.40. The van der Waals surface area contributed by atoms with Crippen LogP contribution in [0.2, 0.25) is 0 Å². The van der Waals surface area contributed by atoms with Crippen molar-refractivity contribution in [2.75, 3.05) is 6.54 Å². The number of carboxylic acid groups (broad SMARTS) is 1. The Bertz CT molecular complexity index is 514. The molecule has 2 rings (SSSR count). The molecule has 0 radical (unpaired) electrons. The van der Waals surface area contributed by atoms with Gasteiger partial charge in [-0.15, -0.1) is 0 Å². The van der Waals surface area contributed by atoms with Crippen LogP contribution in [0.1, 0.15) is 23.6 Å². The summed E-state index contributed by atoms with van der Waals surface area (Å²) in [5.41, 5.74) is 7.59. The van der Waals surface area contributed by atoms with Crippen LogP contribution in [0.3, 0.4) is 0 Å². The molecule has 1 saturated heterocycles. The first-order chi connectivity index (χ1) is 9.40. The summed E-state index contributed by atoms with van der Waals surface area (Å²) in [6.45, 7) is 1.93. The van der Waals surface area contributed by atoms with Gasteiger partial charge in [0.05, 0.1) is 6.10 Å². The lowest BCUT2D eigenvalue weighted by Gasteiger charge is -2.24. The Balaban J connectivity index is 2.17. The Kier molecular flexibility index (Phi) is 4.06. The Labute approximate surface area is 116 Å². The molecule has 1 aromatic carbocycles. The van der Waals surface area contributed by atoms with Gasteiger partial charge in [0, 0.05) is 13.0 Å². The molecular formula is C14H18N2O4. The highest BCUT2D eigenvalue weighted by Crippen LogP contribution is 2.23. The summed E-state index contributed by atoms with van der Waals surface area (Å²) in [5.74, 6) is -1.59.